The van der Waals surface area contributed by atoms with E-state index in [4.69, 9.17) is 16.3 Å². The second-order valence-electron chi connectivity index (χ2n) is 9.97. The summed E-state index contributed by atoms with van der Waals surface area (Å²) in [5.41, 5.74) is 0.125. The third kappa shape index (κ3) is 6.41. The molecule has 5 nitrogen and oxygen atoms in total. The van der Waals surface area contributed by atoms with Gasteiger partial charge in [-0.1, -0.05) is 24.4 Å². The van der Waals surface area contributed by atoms with Crippen molar-refractivity contribution in [3.05, 3.63) is 35.0 Å². The number of carboxylic acids is 1. The molecule has 2 aliphatic rings. The number of piperidine rings is 1. The van der Waals surface area contributed by atoms with Gasteiger partial charge in [-0.25, -0.2) is 4.39 Å². The van der Waals surface area contributed by atoms with Crippen molar-refractivity contribution in [2.75, 3.05) is 32.5 Å². The van der Waals surface area contributed by atoms with Gasteiger partial charge in [0.15, 0.2) is 0 Å². The van der Waals surface area contributed by atoms with E-state index in [9.17, 15) is 9.90 Å². The molecular formula is C27H36ClFN2O3S. The number of benzene rings is 1. The molecule has 192 valence electrons. The second kappa shape index (κ2) is 12.1. The van der Waals surface area contributed by atoms with E-state index in [1.165, 1.54) is 37.6 Å². The number of likely N-dealkylation sites (tertiary alicyclic amines) is 1. The fourth-order valence-corrected chi connectivity index (χ4v) is 7.09. The maximum Gasteiger partial charge on any atom is 0.309 e. The molecule has 2 aromatic rings. The van der Waals surface area contributed by atoms with E-state index in [1.54, 1.807) is 25.3 Å². The van der Waals surface area contributed by atoms with Crippen LogP contribution in [-0.2, 0) is 4.79 Å². The summed E-state index contributed by atoms with van der Waals surface area (Å²) >= 11 is 8.47. The van der Waals surface area contributed by atoms with Gasteiger partial charge in [-0.3, -0.25) is 9.78 Å². The van der Waals surface area contributed by atoms with E-state index < -0.39 is 17.6 Å². The minimum atomic E-state index is -1.37. The maximum atomic E-state index is 15.6. The zero-order valence-electron chi connectivity index (χ0n) is 20.5. The lowest BCUT2D eigenvalue weighted by Gasteiger charge is -2.39. The lowest BCUT2D eigenvalue weighted by Crippen LogP contribution is -2.44. The molecule has 4 rings (SSSR count). The van der Waals surface area contributed by atoms with Crippen LogP contribution in [0.2, 0.25) is 5.02 Å². The van der Waals surface area contributed by atoms with Crippen molar-refractivity contribution in [3.63, 3.8) is 0 Å². The highest BCUT2D eigenvalue weighted by Gasteiger charge is 2.41. The number of aliphatic carboxylic acids is 1. The van der Waals surface area contributed by atoms with Crippen LogP contribution in [0.4, 0.5) is 4.39 Å². The fraction of sp³-hybridized carbons (Fsp3) is 0.630. The largest absolute Gasteiger partial charge is 0.497 e. The molecule has 1 saturated heterocycles. The van der Waals surface area contributed by atoms with Gasteiger partial charge in [-0.05, 0) is 88.5 Å². The first-order valence-corrected chi connectivity index (χ1v) is 14.2. The lowest BCUT2D eigenvalue weighted by atomic mass is 9.74. The minimum Gasteiger partial charge on any atom is -0.497 e. The molecule has 1 N–H and O–H groups in total. The molecule has 1 aliphatic heterocycles. The molecule has 1 aromatic carbocycles. The fourth-order valence-electron chi connectivity index (χ4n) is 5.53. The van der Waals surface area contributed by atoms with Gasteiger partial charge in [0.25, 0.3) is 0 Å². The summed E-state index contributed by atoms with van der Waals surface area (Å²) in [6, 6.07) is 5.30. The van der Waals surface area contributed by atoms with Crippen molar-refractivity contribution >= 4 is 40.2 Å². The summed E-state index contributed by atoms with van der Waals surface area (Å²) in [6.07, 6.45) is 8.23. The molecule has 0 unspecified atom stereocenters. The van der Waals surface area contributed by atoms with Crippen molar-refractivity contribution in [3.8, 4) is 5.75 Å². The Morgan fingerprint density at radius 1 is 1.34 bits per heavy atom. The molecule has 1 aliphatic carbocycles. The standard InChI is InChI=1S/C27H36ClFN2O3S/c1-34-19-7-8-24-21(17-19)25(22(28)18-30-24)23(29)9-10-27(26(32)33)11-14-31(15-12-27)13-4-16-35-20-5-2-3-6-20/h7-8,17-18,20,23H,2-6,9-16H2,1H3,(H,32,33)/t23-/m0/s1. The molecule has 2 fully saturated rings. The first-order valence-electron chi connectivity index (χ1n) is 12.8. The van der Waals surface area contributed by atoms with E-state index in [-0.39, 0.29) is 11.4 Å². The van der Waals surface area contributed by atoms with E-state index in [0.29, 0.717) is 41.5 Å². The number of rotatable bonds is 11. The number of ether oxygens (including phenoxy) is 1. The smallest absolute Gasteiger partial charge is 0.309 e. The van der Waals surface area contributed by atoms with Gasteiger partial charge in [0.2, 0.25) is 0 Å². The molecule has 0 amide bonds. The van der Waals surface area contributed by atoms with Crippen molar-refractivity contribution in [2.45, 2.75) is 69.2 Å². The van der Waals surface area contributed by atoms with E-state index in [0.717, 1.165) is 31.3 Å². The molecule has 0 bridgehead atoms. The quantitative estimate of drug-likeness (QED) is 0.323. The van der Waals surface area contributed by atoms with Crippen molar-refractivity contribution in [1.82, 2.24) is 9.88 Å². The first-order chi connectivity index (χ1) is 16.9. The summed E-state index contributed by atoms with van der Waals surface area (Å²) in [7, 11) is 1.56. The summed E-state index contributed by atoms with van der Waals surface area (Å²) in [5.74, 6) is 0.972. The number of carbonyl (C=O) groups is 1. The van der Waals surface area contributed by atoms with Gasteiger partial charge >= 0.3 is 5.97 Å². The van der Waals surface area contributed by atoms with Crippen molar-refractivity contribution in [1.29, 1.82) is 0 Å². The highest BCUT2D eigenvalue weighted by Crippen LogP contribution is 2.42. The van der Waals surface area contributed by atoms with Gasteiger partial charge < -0.3 is 14.7 Å². The Bertz CT molecular complexity index is 1010. The molecule has 8 heteroatoms. The summed E-state index contributed by atoms with van der Waals surface area (Å²) in [6.45, 7) is 2.53. The molecule has 0 radical (unpaired) electrons. The van der Waals surface area contributed by atoms with Crippen LogP contribution in [0.1, 0.15) is 69.5 Å². The highest BCUT2D eigenvalue weighted by atomic mass is 35.5. The van der Waals surface area contributed by atoms with E-state index in [1.807, 2.05) is 0 Å². The van der Waals surface area contributed by atoms with Crippen molar-refractivity contribution in [2.24, 2.45) is 5.41 Å². The van der Waals surface area contributed by atoms with Crippen LogP contribution in [0.25, 0.3) is 10.9 Å². The Balaban J connectivity index is 1.34. The van der Waals surface area contributed by atoms with Gasteiger partial charge in [0, 0.05) is 22.4 Å². The molecule has 1 atom stereocenters. The second-order valence-corrected chi connectivity index (χ2v) is 11.8. The van der Waals surface area contributed by atoms with Gasteiger partial charge in [-0.15, -0.1) is 0 Å². The van der Waals surface area contributed by atoms with E-state index >= 15 is 4.39 Å². The number of thioether (sulfide) groups is 1. The first kappa shape index (κ1) is 26.5. The predicted octanol–water partition coefficient (Wildman–Crippen LogP) is 6.92. The summed E-state index contributed by atoms with van der Waals surface area (Å²) in [5, 5.41) is 11.8. The SMILES string of the molecule is COc1ccc2ncc(Cl)c([C@@H](F)CCC3(C(=O)O)CCN(CCCSC4CCCC4)CC3)c2c1. The van der Waals surface area contributed by atoms with Gasteiger partial charge in [-0.2, -0.15) is 11.8 Å². The Hall–Kier alpha value is -1.57. The van der Waals surface area contributed by atoms with Gasteiger partial charge in [0.1, 0.15) is 11.9 Å². The average molecular weight is 523 g/mol. The Morgan fingerprint density at radius 3 is 2.77 bits per heavy atom. The monoisotopic (exact) mass is 522 g/mol. The van der Waals surface area contributed by atoms with Crippen LogP contribution in [0.15, 0.2) is 24.4 Å². The van der Waals surface area contributed by atoms with Crippen LogP contribution in [0.5, 0.6) is 5.75 Å². The van der Waals surface area contributed by atoms with Crippen molar-refractivity contribution < 1.29 is 19.0 Å². The molecule has 1 aromatic heterocycles. The number of nitrogens with zero attached hydrogens (tertiary/aromatic N) is 2. The minimum absolute atomic E-state index is 0.111. The number of aromatic nitrogens is 1. The lowest BCUT2D eigenvalue weighted by molar-refractivity contribution is -0.153. The zero-order valence-corrected chi connectivity index (χ0v) is 22.1. The zero-order chi connectivity index (χ0) is 24.8. The van der Waals surface area contributed by atoms with Crippen LogP contribution >= 0.6 is 23.4 Å². The van der Waals surface area contributed by atoms with Crippen LogP contribution in [-0.4, -0.2) is 58.7 Å². The topological polar surface area (TPSA) is 62.7 Å². The van der Waals surface area contributed by atoms with Crippen LogP contribution in [0.3, 0.4) is 0 Å². The number of fused-ring (bicyclic) bond motifs is 1. The number of hydrogen-bond acceptors (Lipinski definition) is 5. The highest BCUT2D eigenvalue weighted by molar-refractivity contribution is 7.99. The summed E-state index contributed by atoms with van der Waals surface area (Å²) in [4.78, 5) is 19.0. The average Bonchev–Trinajstić information content (AvgIpc) is 3.39. The number of pyridine rings is 1. The number of carboxylic acid groups (broad SMARTS) is 1. The number of hydrogen-bond donors (Lipinski definition) is 1. The molecule has 2 heterocycles. The third-order valence-corrected chi connectivity index (χ3v) is 9.57. The maximum absolute atomic E-state index is 15.6. The normalized spacial score (nSPS) is 19.7. The number of methoxy groups -OCH3 is 1. The molecule has 35 heavy (non-hydrogen) atoms. The number of alkyl halides is 1. The number of halogens is 2. The van der Waals surface area contributed by atoms with Crippen LogP contribution < -0.4 is 4.74 Å². The Kier molecular flexibility index (Phi) is 9.17. The molecular weight excluding hydrogens is 487 g/mol. The Morgan fingerprint density at radius 2 is 2.09 bits per heavy atom. The van der Waals surface area contributed by atoms with Gasteiger partial charge in [0.05, 0.1) is 23.1 Å². The molecule has 1 saturated carbocycles. The third-order valence-electron chi connectivity index (χ3n) is 7.80. The Labute approximate surface area is 216 Å². The molecule has 0 spiro atoms. The van der Waals surface area contributed by atoms with Crippen LogP contribution in [0, 0.1) is 5.41 Å². The van der Waals surface area contributed by atoms with E-state index in [2.05, 4.69) is 21.6 Å². The summed E-state index contributed by atoms with van der Waals surface area (Å²) < 4.78 is 20.9. The predicted molar refractivity (Wildman–Crippen MR) is 141 cm³/mol.